The van der Waals surface area contributed by atoms with Crippen LogP contribution in [0.1, 0.15) is 36.5 Å². The first-order chi connectivity index (χ1) is 13.3. The molecule has 1 aromatic carbocycles. The van der Waals surface area contributed by atoms with Crippen molar-refractivity contribution in [2.75, 3.05) is 20.2 Å². The average molecular weight is 364 g/mol. The standard InChI is InChI=1S/C23H29N3O/c1-3-13-25(15-12-19-17-24-26-14-5-4-8-22(19)26)20-11-10-18-7-6-9-23(27-2)21(18)16-20/h4-9,14,17,20H,3,10-13,15-16H2,1-2H3. The third-order valence-corrected chi connectivity index (χ3v) is 5.84. The van der Waals surface area contributed by atoms with Gasteiger partial charge in [0.15, 0.2) is 0 Å². The monoisotopic (exact) mass is 363 g/mol. The number of ether oxygens (including phenoxy) is 1. The average Bonchev–Trinajstić information content (AvgIpc) is 3.13. The Morgan fingerprint density at radius 2 is 2.11 bits per heavy atom. The Balaban J connectivity index is 1.49. The van der Waals surface area contributed by atoms with Crippen LogP contribution in [0.5, 0.6) is 5.75 Å². The topological polar surface area (TPSA) is 29.8 Å². The normalized spacial score (nSPS) is 16.6. The highest BCUT2D eigenvalue weighted by atomic mass is 16.5. The summed E-state index contributed by atoms with van der Waals surface area (Å²) in [6, 6.07) is 13.4. The Morgan fingerprint density at radius 1 is 1.19 bits per heavy atom. The summed E-state index contributed by atoms with van der Waals surface area (Å²) < 4.78 is 7.61. The molecular formula is C23H29N3O. The van der Waals surface area contributed by atoms with Crippen LogP contribution in [-0.2, 0) is 19.3 Å². The van der Waals surface area contributed by atoms with Crippen LogP contribution in [0.4, 0.5) is 0 Å². The van der Waals surface area contributed by atoms with E-state index in [4.69, 9.17) is 4.74 Å². The predicted octanol–water partition coefficient (Wildman–Crippen LogP) is 4.15. The van der Waals surface area contributed by atoms with Gasteiger partial charge in [0.1, 0.15) is 5.75 Å². The van der Waals surface area contributed by atoms with Crippen molar-refractivity contribution in [3.8, 4) is 5.75 Å². The third kappa shape index (κ3) is 3.72. The Morgan fingerprint density at radius 3 is 2.96 bits per heavy atom. The van der Waals surface area contributed by atoms with Gasteiger partial charge in [-0.05, 0) is 73.5 Å². The third-order valence-electron chi connectivity index (χ3n) is 5.84. The predicted molar refractivity (Wildman–Crippen MR) is 110 cm³/mol. The highest BCUT2D eigenvalue weighted by Crippen LogP contribution is 2.31. The lowest BCUT2D eigenvalue weighted by Gasteiger charge is -2.35. The molecule has 1 aliphatic carbocycles. The van der Waals surface area contributed by atoms with Crippen LogP contribution < -0.4 is 4.74 Å². The lowest BCUT2D eigenvalue weighted by molar-refractivity contribution is 0.180. The zero-order chi connectivity index (χ0) is 18.6. The van der Waals surface area contributed by atoms with Gasteiger partial charge >= 0.3 is 0 Å². The molecule has 0 aliphatic heterocycles. The van der Waals surface area contributed by atoms with Crippen molar-refractivity contribution in [2.24, 2.45) is 0 Å². The zero-order valence-electron chi connectivity index (χ0n) is 16.4. The van der Waals surface area contributed by atoms with Crippen LogP contribution in [0, 0.1) is 0 Å². The van der Waals surface area contributed by atoms with E-state index in [9.17, 15) is 0 Å². The van der Waals surface area contributed by atoms with E-state index in [0.29, 0.717) is 6.04 Å². The van der Waals surface area contributed by atoms with Gasteiger partial charge < -0.3 is 4.74 Å². The molecule has 1 aliphatic rings. The van der Waals surface area contributed by atoms with Crippen LogP contribution in [-0.4, -0.2) is 40.8 Å². The number of aromatic nitrogens is 2. The summed E-state index contributed by atoms with van der Waals surface area (Å²) in [5.41, 5.74) is 5.44. The van der Waals surface area contributed by atoms with E-state index in [1.807, 2.05) is 23.0 Å². The summed E-state index contributed by atoms with van der Waals surface area (Å²) >= 11 is 0. The van der Waals surface area contributed by atoms with Crippen molar-refractivity contribution in [1.82, 2.24) is 14.5 Å². The first kappa shape index (κ1) is 18.1. The molecule has 0 radical (unpaired) electrons. The number of fused-ring (bicyclic) bond motifs is 2. The number of pyridine rings is 1. The number of hydrogen-bond acceptors (Lipinski definition) is 3. The first-order valence-corrected chi connectivity index (χ1v) is 10.1. The van der Waals surface area contributed by atoms with Gasteiger partial charge in [-0.25, -0.2) is 4.52 Å². The van der Waals surface area contributed by atoms with Crippen molar-refractivity contribution in [3.63, 3.8) is 0 Å². The van der Waals surface area contributed by atoms with E-state index in [0.717, 1.165) is 38.1 Å². The quantitative estimate of drug-likeness (QED) is 0.631. The molecule has 0 saturated heterocycles. The maximum atomic E-state index is 5.64. The van der Waals surface area contributed by atoms with E-state index in [2.05, 4.69) is 47.3 Å². The summed E-state index contributed by atoms with van der Waals surface area (Å²) in [5, 5.41) is 4.49. The van der Waals surface area contributed by atoms with Gasteiger partial charge in [-0.2, -0.15) is 5.10 Å². The fourth-order valence-electron chi connectivity index (χ4n) is 4.45. The molecule has 2 heterocycles. The second-order valence-electron chi connectivity index (χ2n) is 7.48. The van der Waals surface area contributed by atoms with Gasteiger partial charge in [0.2, 0.25) is 0 Å². The van der Waals surface area contributed by atoms with Crippen molar-refractivity contribution in [1.29, 1.82) is 0 Å². The van der Waals surface area contributed by atoms with Crippen molar-refractivity contribution in [3.05, 3.63) is 65.5 Å². The second kappa shape index (κ2) is 8.13. The zero-order valence-corrected chi connectivity index (χ0v) is 16.4. The van der Waals surface area contributed by atoms with E-state index in [1.165, 1.54) is 35.0 Å². The molecule has 0 amide bonds. The fourth-order valence-corrected chi connectivity index (χ4v) is 4.45. The van der Waals surface area contributed by atoms with Crippen molar-refractivity contribution in [2.45, 2.75) is 45.1 Å². The smallest absolute Gasteiger partial charge is 0.122 e. The Labute approximate surface area is 161 Å². The fraction of sp³-hybridized carbons (Fsp3) is 0.435. The maximum absolute atomic E-state index is 5.64. The van der Waals surface area contributed by atoms with E-state index < -0.39 is 0 Å². The second-order valence-corrected chi connectivity index (χ2v) is 7.48. The summed E-state index contributed by atoms with van der Waals surface area (Å²) in [5.74, 6) is 1.05. The largest absolute Gasteiger partial charge is 0.496 e. The van der Waals surface area contributed by atoms with Gasteiger partial charge in [0.25, 0.3) is 0 Å². The molecule has 1 unspecified atom stereocenters. The number of aryl methyl sites for hydroxylation is 1. The minimum absolute atomic E-state index is 0.593. The molecule has 0 N–H and O–H groups in total. The molecule has 3 aromatic rings. The minimum Gasteiger partial charge on any atom is -0.496 e. The summed E-state index contributed by atoms with van der Waals surface area (Å²) in [6.45, 7) is 4.51. The number of hydrogen-bond donors (Lipinski definition) is 0. The summed E-state index contributed by atoms with van der Waals surface area (Å²) in [4.78, 5) is 2.68. The highest BCUT2D eigenvalue weighted by molar-refractivity contribution is 5.53. The molecule has 4 nitrogen and oxygen atoms in total. The first-order valence-electron chi connectivity index (χ1n) is 10.1. The number of benzene rings is 1. The maximum Gasteiger partial charge on any atom is 0.122 e. The molecule has 0 saturated carbocycles. The van der Waals surface area contributed by atoms with E-state index in [1.54, 1.807) is 7.11 Å². The Hall–Kier alpha value is -2.33. The van der Waals surface area contributed by atoms with Crippen molar-refractivity contribution < 1.29 is 4.74 Å². The molecule has 2 aromatic heterocycles. The molecule has 1 atom stereocenters. The van der Waals surface area contributed by atoms with Crippen LogP contribution >= 0.6 is 0 Å². The Kier molecular flexibility index (Phi) is 5.44. The summed E-state index contributed by atoms with van der Waals surface area (Å²) in [7, 11) is 1.79. The van der Waals surface area contributed by atoms with Gasteiger partial charge in [-0.3, -0.25) is 4.90 Å². The van der Waals surface area contributed by atoms with E-state index in [-0.39, 0.29) is 0 Å². The number of methoxy groups -OCH3 is 1. The highest BCUT2D eigenvalue weighted by Gasteiger charge is 2.26. The van der Waals surface area contributed by atoms with Crippen LogP contribution in [0.2, 0.25) is 0 Å². The van der Waals surface area contributed by atoms with Gasteiger partial charge in [-0.15, -0.1) is 0 Å². The Bertz CT molecular complexity index is 887. The van der Waals surface area contributed by atoms with Crippen LogP contribution in [0.15, 0.2) is 48.8 Å². The van der Waals surface area contributed by atoms with Gasteiger partial charge in [0, 0.05) is 18.8 Å². The minimum atomic E-state index is 0.593. The molecule has 142 valence electrons. The van der Waals surface area contributed by atoms with Crippen LogP contribution in [0.3, 0.4) is 0 Å². The molecule has 4 rings (SSSR count). The van der Waals surface area contributed by atoms with Gasteiger partial charge in [-0.1, -0.05) is 25.1 Å². The van der Waals surface area contributed by atoms with E-state index >= 15 is 0 Å². The molecule has 0 bridgehead atoms. The lowest BCUT2D eigenvalue weighted by atomic mass is 9.86. The SMILES string of the molecule is CCCN(CCc1cnn2ccccc12)C1CCc2cccc(OC)c2C1. The molecule has 0 spiro atoms. The van der Waals surface area contributed by atoms with Crippen molar-refractivity contribution >= 4 is 5.52 Å². The number of nitrogens with zero attached hydrogens (tertiary/aromatic N) is 3. The molecular weight excluding hydrogens is 334 g/mol. The molecule has 4 heteroatoms. The molecule has 0 fully saturated rings. The lowest BCUT2D eigenvalue weighted by Crippen LogP contribution is -2.41. The van der Waals surface area contributed by atoms with Crippen LogP contribution in [0.25, 0.3) is 5.52 Å². The van der Waals surface area contributed by atoms with Gasteiger partial charge in [0.05, 0.1) is 18.8 Å². The number of rotatable bonds is 7. The summed E-state index contributed by atoms with van der Waals surface area (Å²) in [6.07, 6.45) is 9.75. The molecule has 27 heavy (non-hydrogen) atoms.